The number of carbonyl (C=O) groups is 2. The number of anilines is 1. The van der Waals surface area contributed by atoms with Crippen molar-refractivity contribution in [1.82, 2.24) is 14.9 Å². The summed E-state index contributed by atoms with van der Waals surface area (Å²) in [5.41, 5.74) is 1.12. The first-order chi connectivity index (χ1) is 11.5. The lowest BCUT2D eigenvalue weighted by molar-refractivity contribution is -0.121. The molecule has 7 nitrogen and oxygen atoms in total. The molecular formula is C15H17ClN4O3S. The summed E-state index contributed by atoms with van der Waals surface area (Å²) in [4.78, 5) is 27.7. The number of likely N-dealkylation sites (N-methyl/N-ethyl adjacent to an activating group) is 1. The molecule has 1 aromatic heterocycles. The van der Waals surface area contributed by atoms with Gasteiger partial charge in [-0.25, -0.2) is 4.98 Å². The van der Waals surface area contributed by atoms with Crippen molar-refractivity contribution in [2.45, 2.75) is 18.3 Å². The highest BCUT2D eigenvalue weighted by molar-refractivity contribution is 7.99. The first-order valence-electron chi connectivity index (χ1n) is 7.07. The monoisotopic (exact) mass is 368 g/mol. The Bertz CT molecular complexity index is 735. The molecule has 0 unspecified atom stereocenters. The maximum Gasteiger partial charge on any atom is 0.239 e. The lowest BCUT2D eigenvalue weighted by atomic mass is 10.3. The van der Waals surface area contributed by atoms with Crippen LogP contribution in [0.2, 0.25) is 5.02 Å². The van der Waals surface area contributed by atoms with E-state index in [1.165, 1.54) is 25.0 Å². The summed E-state index contributed by atoms with van der Waals surface area (Å²) in [6, 6.07) is 6.86. The second-order valence-electron chi connectivity index (χ2n) is 4.80. The predicted octanol–water partition coefficient (Wildman–Crippen LogP) is 1.51. The van der Waals surface area contributed by atoms with Crippen LogP contribution in [0.5, 0.6) is 0 Å². The van der Waals surface area contributed by atoms with Gasteiger partial charge < -0.3 is 20.3 Å². The van der Waals surface area contributed by atoms with Gasteiger partial charge in [0.25, 0.3) is 0 Å². The number of nitrogens with one attached hydrogen (secondary N) is 2. The molecule has 0 saturated heterocycles. The van der Waals surface area contributed by atoms with E-state index in [0.29, 0.717) is 21.6 Å². The van der Waals surface area contributed by atoms with Gasteiger partial charge in [-0.05, 0) is 18.2 Å². The number of amides is 2. The molecule has 0 saturated carbocycles. The highest BCUT2D eigenvalue weighted by Gasteiger charge is 2.14. The summed E-state index contributed by atoms with van der Waals surface area (Å²) >= 11 is 7.05. The number of hydrogen-bond donors (Lipinski definition) is 3. The van der Waals surface area contributed by atoms with Crippen molar-refractivity contribution in [3.05, 3.63) is 41.2 Å². The Balaban J connectivity index is 1.99. The number of benzene rings is 1. The average Bonchev–Trinajstić information content (AvgIpc) is 2.94. The van der Waals surface area contributed by atoms with E-state index >= 15 is 0 Å². The van der Waals surface area contributed by atoms with Crippen LogP contribution in [0.25, 0.3) is 0 Å². The molecule has 9 heteroatoms. The van der Waals surface area contributed by atoms with Crippen molar-refractivity contribution in [3.63, 3.8) is 0 Å². The standard InChI is InChI=1S/C15H17ClN4O3S/c1-17-13(22)7-20-12(8-21)6-18-15(20)24-9-14(23)19-11-4-2-3-10(16)5-11/h2-6,21H,7-9H2,1H3,(H,17,22)(H,19,23). The van der Waals surface area contributed by atoms with Gasteiger partial charge in [-0.3, -0.25) is 9.59 Å². The number of thioether (sulfide) groups is 1. The van der Waals surface area contributed by atoms with Gasteiger partial charge in [0.1, 0.15) is 6.54 Å². The van der Waals surface area contributed by atoms with Crippen LogP contribution < -0.4 is 10.6 Å². The van der Waals surface area contributed by atoms with E-state index in [2.05, 4.69) is 15.6 Å². The fraction of sp³-hybridized carbons (Fsp3) is 0.267. The summed E-state index contributed by atoms with van der Waals surface area (Å²) in [7, 11) is 1.53. The molecule has 0 atom stereocenters. The second kappa shape index (κ2) is 8.72. The Morgan fingerprint density at radius 3 is 2.83 bits per heavy atom. The molecule has 0 fully saturated rings. The van der Waals surface area contributed by atoms with Crippen LogP contribution in [-0.4, -0.2) is 39.3 Å². The summed E-state index contributed by atoms with van der Waals surface area (Å²) < 4.78 is 1.58. The molecule has 1 aromatic carbocycles. The lowest BCUT2D eigenvalue weighted by Crippen LogP contribution is -2.25. The molecule has 1 heterocycles. The topological polar surface area (TPSA) is 96.2 Å². The second-order valence-corrected chi connectivity index (χ2v) is 6.18. The number of hydrogen-bond acceptors (Lipinski definition) is 5. The quantitative estimate of drug-likeness (QED) is 0.644. The smallest absolute Gasteiger partial charge is 0.239 e. The normalized spacial score (nSPS) is 10.5. The lowest BCUT2D eigenvalue weighted by Gasteiger charge is -2.10. The minimum absolute atomic E-state index is 0.0324. The molecule has 2 aromatic rings. The fourth-order valence-electron chi connectivity index (χ4n) is 1.92. The number of nitrogens with zero attached hydrogens (tertiary/aromatic N) is 2. The van der Waals surface area contributed by atoms with Gasteiger partial charge in [0.2, 0.25) is 11.8 Å². The number of halogens is 1. The Labute approximate surface area is 148 Å². The average molecular weight is 369 g/mol. The van der Waals surface area contributed by atoms with Crippen LogP contribution in [-0.2, 0) is 22.7 Å². The van der Waals surface area contributed by atoms with Gasteiger partial charge in [0, 0.05) is 17.8 Å². The zero-order valence-electron chi connectivity index (χ0n) is 13.0. The predicted molar refractivity (Wildman–Crippen MR) is 93.0 cm³/mol. The van der Waals surface area contributed by atoms with Crippen LogP contribution in [0, 0.1) is 0 Å². The highest BCUT2D eigenvalue weighted by Crippen LogP contribution is 2.20. The van der Waals surface area contributed by atoms with Gasteiger partial charge in [-0.1, -0.05) is 29.4 Å². The highest BCUT2D eigenvalue weighted by atomic mass is 35.5. The van der Waals surface area contributed by atoms with Gasteiger partial charge in [0.15, 0.2) is 5.16 Å². The van der Waals surface area contributed by atoms with Gasteiger partial charge in [-0.15, -0.1) is 0 Å². The van der Waals surface area contributed by atoms with Crippen LogP contribution >= 0.6 is 23.4 Å². The molecular weight excluding hydrogens is 352 g/mol. The van der Waals surface area contributed by atoms with E-state index in [1.54, 1.807) is 28.8 Å². The van der Waals surface area contributed by atoms with Crippen molar-refractivity contribution in [2.24, 2.45) is 0 Å². The molecule has 2 amide bonds. The minimum atomic E-state index is -0.237. The summed E-state index contributed by atoms with van der Waals surface area (Å²) in [5.74, 6) is -0.322. The van der Waals surface area contributed by atoms with Crippen molar-refractivity contribution < 1.29 is 14.7 Å². The first kappa shape index (κ1) is 18.3. The van der Waals surface area contributed by atoms with Crippen LogP contribution in [0.3, 0.4) is 0 Å². The number of carbonyl (C=O) groups excluding carboxylic acids is 2. The molecule has 0 aliphatic rings. The molecule has 128 valence electrons. The molecule has 2 rings (SSSR count). The Morgan fingerprint density at radius 1 is 1.38 bits per heavy atom. The van der Waals surface area contributed by atoms with E-state index in [-0.39, 0.29) is 30.7 Å². The molecule has 24 heavy (non-hydrogen) atoms. The van der Waals surface area contributed by atoms with Crippen molar-refractivity contribution in [1.29, 1.82) is 0 Å². The van der Waals surface area contributed by atoms with E-state index in [1.807, 2.05) is 0 Å². The van der Waals surface area contributed by atoms with Crippen LogP contribution in [0.4, 0.5) is 5.69 Å². The zero-order valence-corrected chi connectivity index (χ0v) is 14.5. The summed E-state index contributed by atoms with van der Waals surface area (Å²) in [6.07, 6.45) is 1.49. The Morgan fingerprint density at radius 2 is 2.17 bits per heavy atom. The molecule has 0 aliphatic carbocycles. The molecule has 0 bridgehead atoms. The third-order valence-corrected chi connectivity index (χ3v) is 4.31. The van der Waals surface area contributed by atoms with E-state index in [4.69, 9.17) is 11.6 Å². The first-order valence-corrected chi connectivity index (χ1v) is 8.44. The zero-order chi connectivity index (χ0) is 17.5. The number of aliphatic hydroxyl groups excluding tert-OH is 1. The third kappa shape index (κ3) is 4.98. The van der Waals surface area contributed by atoms with Gasteiger partial charge >= 0.3 is 0 Å². The van der Waals surface area contributed by atoms with Crippen LogP contribution in [0.15, 0.2) is 35.6 Å². The molecule has 0 radical (unpaired) electrons. The molecule has 0 spiro atoms. The van der Waals surface area contributed by atoms with Crippen molar-refractivity contribution >= 4 is 40.9 Å². The SMILES string of the molecule is CNC(=O)Cn1c(CO)cnc1SCC(=O)Nc1cccc(Cl)c1. The van der Waals surface area contributed by atoms with Crippen molar-refractivity contribution in [3.8, 4) is 0 Å². The Hall–Kier alpha value is -2.03. The maximum absolute atomic E-state index is 12.0. The maximum atomic E-state index is 12.0. The van der Waals surface area contributed by atoms with E-state index < -0.39 is 0 Å². The summed E-state index contributed by atoms with van der Waals surface area (Å²) in [5, 5.41) is 15.6. The molecule has 3 N–H and O–H groups in total. The fourth-order valence-corrected chi connectivity index (χ4v) is 2.91. The Kier molecular flexibility index (Phi) is 6.65. The molecule has 0 aliphatic heterocycles. The number of rotatable bonds is 7. The summed E-state index contributed by atoms with van der Waals surface area (Å²) in [6.45, 7) is -0.204. The van der Waals surface area contributed by atoms with Crippen LogP contribution in [0.1, 0.15) is 5.69 Å². The largest absolute Gasteiger partial charge is 0.390 e. The number of aliphatic hydroxyl groups is 1. The third-order valence-electron chi connectivity index (χ3n) is 3.08. The van der Waals surface area contributed by atoms with Crippen molar-refractivity contribution in [2.75, 3.05) is 18.1 Å². The van der Waals surface area contributed by atoms with E-state index in [9.17, 15) is 14.7 Å². The number of aromatic nitrogens is 2. The van der Waals surface area contributed by atoms with Gasteiger partial charge in [0.05, 0.1) is 24.3 Å². The number of imidazole rings is 1. The van der Waals surface area contributed by atoms with E-state index in [0.717, 1.165) is 0 Å². The van der Waals surface area contributed by atoms with Gasteiger partial charge in [-0.2, -0.15) is 0 Å². The minimum Gasteiger partial charge on any atom is -0.390 e.